The Morgan fingerprint density at radius 3 is 2.56 bits per heavy atom. The molecule has 2 aliphatic rings. The number of anilines is 1. The van der Waals surface area contributed by atoms with E-state index in [1.165, 1.54) is 36.2 Å². The van der Waals surface area contributed by atoms with Gasteiger partial charge in [-0.2, -0.15) is 0 Å². The Hall–Kier alpha value is -3.05. The van der Waals surface area contributed by atoms with Crippen molar-refractivity contribution < 1.29 is 9.59 Å². The number of amides is 1. The minimum atomic E-state index is -0.0892. The highest BCUT2D eigenvalue weighted by atomic mass is 32.1. The third kappa shape index (κ3) is 4.58. The molecule has 32 heavy (non-hydrogen) atoms. The van der Waals surface area contributed by atoms with Gasteiger partial charge in [-0.3, -0.25) is 14.6 Å². The van der Waals surface area contributed by atoms with E-state index in [9.17, 15) is 9.59 Å². The predicted molar refractivity (Wildman–Crippen MR) is 130 cm³/mol. The second kappa shape index (κ2) is 9.21. The molecule has 1 amide bonds. The summed E-state index contributed by atoms with van der Waals surface area (Å²) in [6.45, 7) is 0. The van der Waals surface area contributed by atoms with Crippen LogP contribution in [0.5, 0.6) is 0 Å². The van der Waals surface area contributed by atoms with Crippen molar-refractivity contribution in [3.8, 4) is 0 Å². The molecule has 0 spiro atoms. The average molecular weight is 443 g/mol. The highest BCUT2D eigenvalue weighted by Gasteiger charge is 2.22. The number of benzene rings is 2. The number of fused-ring (bicyclic) bond motifs is 1. The van der Waals surface area contributed by atoms with Crippen LogP contribution in [-0.2, 0) is 17.6 Å². The van der Waals surface area contributed by atoms with Gasteiger partial charge in [0.1, 0.15) is 5.78 Å². The second-order valence-electron chi connectivity index (χ2n) is 8.69. The van der Waals surface area contributed by atoms with E-state index in [-0.39, 0.29) is 11.8 Å². The van der Waals surface area contributed by atoms with Gasteiger partial charge in [0.05, 0.1) is 16.3 Å². The SMILES string of the molecule is O=C(Nc1ccc(C2=Nc3cc(CC(=O)C4CCCCC4)ccc3C2)cc1)c1cccs1. The fourth-order valence-corrected chi connectivity index (χ4v) is 5.24. The Kier molecular flexibility index (Phi) is 5.99. The van der Waals surface area contributed by atoms with Crippen LogP contribution in [0.3, 0.4) is 0 Å². The van der Waals surface area contributed by atoms with Gasteiger partial charge in [-0.15, -0.1) is 11.3 Å². The first-order valence-corrected chi connectivity index (χ1v) is 12.2. The molecule has 5 heteroatoms. The molecule has 1 aromatic heterocycles. The molecule has 5 rings (SSSR count). The largest absolute Gasteiger partial charge is 0.321 e. The van der Waals surface area contributed by atoms with E-state index in [0.29, 0.717) is 17.1 Å². The van der Waals surface area contributed by atoms with Crippen LogP contribution in [0.25, 0.3) is 0 Å². The number of rotatable bonds is 6. The number of hydrogen-bond acceptors (Lipinski definition) is 4. The lowest BCUT2D eigenvalue weighted by Gasteiger charge is -2.20. The summed E-state index contributed by atoms with van der Waals surface area (Å²) >= 11 is 1.43. The van der Waals surface area contributed by atoms with Gasteiger partial charge in [0.25, 0.3) is 5.91 Å². The number of aliphatic imine (C=N–C) groups is 1. The molecule has 4 nitrogen and oxygen atoms in total. The Bertz CT molecular complexity index is 1160. The minimum absolute atomic E-state index is 0.0892. The predicted octanol–water partition coefficient (Wildman–Crippen LogP) is 6.37. The lowest BCUT2D eigenvalue weighted by Crippen LogP contribution is -2.19. The zero-order valence-corrected chi connectivity index (χ0v) is 18.8. The average Bonchev–Trinajstić information content (AvgIpc) is 3.50. The van der Waals surface area contributed by atoms with E-state index >= 15 is 0 Å². The first-order chi connectivity index (χ1) is 15.7. The highest BCUT2D eigenvalue weighted by molar-refractivity contribution is 7.12. The highest BCUT2D eigenvalue weighted by Crippen LogP contribution is 2.31. The van der Waals surface area contributed by atoms with Gasteiger partial charge >= 0.3 is 0 Å². The zero-order chi connectivity index (χ0) is 21.9. The van der Waals surface area contributed by atoms with Crippen LogP contribution in [0.1, 0.15) is 58.5 Å². The smallest absolute Gasteiger partial charge is 0.265 e. The number of hydrogen-bond donors (Lipinski definition) is 1. The quantitative estimate of drug-likeness (QED) is 0.482. The van der Waals surface area contributed by atoms with Gasteiger partial charge in [0, 0.05) is 24.4 Å². The van der Waals surface area contributed by atoms with Gasteiger partial charge in [0.15, 0.2) is 0 Å². The lowest BCUT2D eigenvalue weighted by atomic mass is 9.84. The summed E-state index contributed by atoms with van der Waals surface area (Å²) in [4.78, 5) is 30.4. The van der Waals surface area contributed by atoms with Crippen molar-refractivity contribution >= 4 is 40.1 Å². The summed E-state index contributed by atoms with van der Waals surface area (Å²) < 4.78 is 0. The molecule has 0 bridgehead atoms. The summed E-state index contributed by atoms with van der Waals surface area (Å²) in [6.07, 6.45) is 7.04. The molecule has 3 aromatic rings. The zero-order valence-electron chi connectivity index (χ0n) is 18.0. The van der Waals surface area contributed by atoms with E-state index in [2.05, 4.69) is 23.5 Å². The molecule has 162 valence electrons. The van der Waals surface area contributed by atoms with E-state index in [4.69, 9.17) is 4.99 Å². The fourth-order valence-electron chi connectivity index (χ4n) is 4.62. The van der Waals surface area contributed by atoms with Crippen LogP contribution < -0.4 is 5.32 Å². The van der Waals surface area contributed by atoms with Crippen LogP contribution in [0, 0.1) is 5.92 Å². The van der Waals surface area contributed by atoms with Crippen LogP contribution in [0.2, 0.25) is 0 Å². The van der Waals surface area contributed by atoms with Crippen LogP contribution in [0.4, 0.5) is 11.4 Å². The van der Waals surface area contributed by atoms with Crippen LogP contribution >= 0.6 is 11.3 Å². The van der Waals surface area contributed by atoms with Gasteiger partial charge in [-0.05, 0) is 59.2 Å². The molecular weight excluding hydrogens is 416 g/mol. The molecule has 0 unspecified atom stereocenters. The molecule has 1 aliphatic carbocycles. The maximum Gasteiger partial charge on any atom is 0.265 e. The van der Waals surface area contributed by atoms with Crippen molar-refractivity contribution in [2.45, 2.75) is 44.9 Å². The van der Waals surface area contributed by atoms with E-state index in [1.54, 1.807) is 0 Å². The van der Waals surface area contributed by atoms with E-state index in [1.807, 2.05) is 41.8 Å². The standard InChI is InChI=1S/C27H26N2O2S/c30-25(20-5-2-1-3-6-20)16-18-8-9-21-17-24(29-23(21)15-18)19-10-12-22(13-11-19)28-27(31)26-7-4-14-32-26/h4,7-15,20H,1-3,5-6,16-17H2,(H,28,31). The molecule has 1 N–H and O–H groups in total. The Balaban J connectivity index is 1.25. The summed E-state index contributed by atoms with van der Waals surface area (Å²) in [5, 5.41) is 4.83. The monoisotopic (exact) mass is 442 g/mol. The van der Waals surface area contributed by atoms with Crippen molar-refractivity contribution in [2.75, 3.05) is 5.32 Å². The van der Waals surface area contributed by atoms with E-state index in [0.717, 1.165) is 47.5 Å². The number of nitrogens with zero attached hydrogens (tertiary/aromatic N) is 1. The number of Topliss-reactive ketones (excluding diaryl/α,β-unsaturated/α-hetero) is 1. The molecule has 0 atom stereocenters. The Morgan fingerprint density at radius 2 is 1.81 bits per heavy atom. The third-order valence-corrected chi connectivity index (χ3v) is 7.29. The van der Waals surface area contributed by atoms with Crippen molar-refractivity contribution in [2.24, 2.45) is 10.9 Å². The molecule has 1 fully saturated rings. The number of nitrogens with one attached hydrogen (secondary N) is 1. The first-order valence-electron chi connectivity index (χ1n) is 11.3. The Labute approximate surface area is 192 Å². The maximum absolute atomic E-state index is 12.7. The summed E-state index contributed by atoms with van der Waals surface area (Å²) in [5.41, 5.74) is 6.08. The molecule has 1 saturated carbocycles. The normalized spacial score (nSPS) is 15.8. The van der Waals surface area contributed by atoms with E-state index < -0.39 is 0 Å². The second-order valence-corrected chi connectivity index (χ2v) is 9.63. The maximum atomic E-state index is 12.7. The Morgan fingerprint density at radius 1 is 1.00 bits per heavy atom. The van der Waals surface area contributed by atoms with Crippen molar-refractivity contribution in [3.05, 3.63) is 81.5 Å². The van der Waals surface area contributed by atoms with Crippen LogP contribution in [0.15, 0.2) is 65.0 Å². The minimum Gasteiger partial charge on any atom is -0.321 e. The van der Waals surface area contributed by atoms with Gasteiger partial charge in [-0.25, -0.2) is 0 Å². The molecular formula is C27H26N2O2S. The first kappa shape index (κ1) is 20.8. The molecule has 0 saturated heterocycles. The summed E-state index contributed by atoms with van der Waals surface area (Å²) in [5.74, 6) is 0.538. The van der Waals surface area contributed by atoms with Gasteiger partial charge in [0.2, 0.25) is 0 Å². The number of carbonyl (C=O) groups is 2. The summed E-state index contributed by atoms with van der Waals surface area (Å²) in [6, 6.07) is 17.8. The topological polar surface area (TPSA) is 58.5 Å². The van der Waals surface area contributed by atoms with Crippen molar-refractivity contribution in [1.29, 1.82) is 0 Å². The van der Waals surface area contributed by atoms with Gasteiger partial charge in [-0.1, -0.05) is 49.6 Å². The van der Waals surface area contributed by atoms with Crippen molar-refractivity contribution in [3.63, 3.8) is 0 Å². The summed E-state index contributed by atoms with van der Waals surface area (Å²) in [7, 11) is 0. The number of carbonyl (C=O) groups excluding carboxylic acids is 2. The molecule has 2 heterocycles. The third-order valence-electron chi connectivity index (χ3n) is 6.42. The number of thiophene rings is 1. The molecule has 0 radical (unpaired) electrons. The lowest BCUT2D eigenvalue weighted by molar-refractivity contribution is -0.123. The van der Waals surface area contributed by atoms with Crippen LogP contribution in [-0.4, -0.2) is 17.4 Å². The van der Waals surface area contributed by atoms with Gasteiger partial charge < -0.3 is 5.32 Å². The van der Waals surface area contributed by atoms with Crippen molar-refractivity contribution in [1.82, 2.24) is 0 Å². The molecule has 1 aliphatic heterocycles. The number of ketones is 1. The fraction of sp³-hybridized carbons (Fsp3) is 0.296. The molecule has 2 aromatic carbocycles.